The standard InChI is InChI=1S/C22H26N4O/c1-15(16-7-4-3-5-8-16)25-20(27)12-18-11-17-13-24-21(19(17)14-23-18)26-22(2)9-6-10-22/h3-5,7-8,11,14-15H,6,9-10,12-13H2,1-2H3,(H,24,26)(H,25,27)/t15-/m1/s1. The molecule has 0 radical (unpaired) electrons. The van der Waals surface area contributed by atoms with Crippen LogP contribution < -0.4 is 10.6 Å². The van der Waals surface area contributed by atoms with Crippen molar-refractivity contribution in [2.45, 2.75) is 57.7 Å². The van der Waals surface area contributed by atoms with Crippen molar-refractivity contribution in [2.75, 3.05) is 0 Å². The van der Waals surface area contributed by atoms with Crippen LogP contribution in [-0.2, 0) is 17.8 Å². The fraction of sp³-hybridized carbons (Fsp3) is 0.409. The van der Waals surface area contributed by atoms with Gasteiger partial charge in [-0.1, -0.05) is 30.3 Å². The number of hydrogen-bond acceptors (Lipinski definition) is 4. The third kappa shape index (κ3) is 3.87. The van der Waals surface area contributed by atoms with E-state index in [9.17, 15) is 4.79 Å². The van der Waals surface area contributed by atoms with Crippen LogP contribution in [0.3, 0.4) is 0 Å². The summed E-state index contributed by atoms with van der Waals surface area (Å²) >= 11 is 0. The number of nitrogens with one attached hydrogen (secondary N) is 2. The topological polar surface area (TPSA) is 66.4 Å². The quantitative estimate of drug-likeness (QED) is 0.858. The van der Waals surface area contributed by atoms with Crippen LogP contribution in [0.15, 0.2) is 47.6 Å². The molecule has 27 heavy (non-hydrogen) atoms. The molecule has 1 atom stereocenters. The van der Waals surface area contributed by atoms with Gasteiger partial charge >= 0.3 is 0 Å². The molecule has 0 spiro atoms. The van der Waals surface area contributed by atoms with E-state index in [0.717, 1.165) is 28.2 Å². The lowest BCUT2D eigenvalue weighted by Crippen LogP contribution is -2.50. The summed E-state index contributed by atoms with van der Waals surface area (Å²) in [5.74, 6) is 0.937. The summed E-state index contributed by atoms with van der Waals surface area (Å²) in [6.45, 7) is 4.90. The average molecular weight is 362 g/mol. The van der Waals surface area contributed by atoms with Crippen molar-refractivity contribution >= 4 is 11.7 Å². The molecule has 2 aliphatic rings. The lowest BCUT2D eigenvalue weighted by Gasteiger charge is -2.40. The second-order valence-corrected chi connectivity index (χ2v) is 7.91. The Bertz CT molecular complexity index is 871. The van der Waals surface area contributed by atoms with Crippen molar-refractivity contribution in [1.82, 2.24) is 15.6 Å². The van der Waals surface area contributed by atoms with Crippen LogP contribution in [0.4, 0.5) is 0 Å². The van der Waals surface area contributed by atoms with Gasteiger partial charge in [-0.3, -0.25) is 14.8 Å². The summed E-state index contributed by atoms with van der Waals surface area (Å²) in [5.41, 5.74) is 4.28. The minimum Gasteiger partial charge on any atom is -0.365 e. The lowest BCUT2D eigenvalue weighted by atomic mass is 9.78. The molecule has 1 amide bonds. The molecule has 4 rings (SSSR count). The number of amidine groups is 1. The summed E-state index contributed by atoms with van der Waals surface area (Å²) in [7, 11) is 0. The maximum absolute atomic E-state index is 12.4. The first kappa shape index (κ1) is 17.7. The molecule has 1 fully saturated rings. The molecular weight excluding hydrogens is 336 g/mol. The zero-order valence-corrected chi connectivity index (χ0v) is 16.0. The number of nitrogens with zero attached hydrogens (tertiary/aromatic N) is 2. The van der Waals surface area contributed by atoms with Crippen LogP contribution in [-0.4, -0.2) is 22.3 Å². The van der Waals surface area contributed by atoms with Crippen molar-refractivity contribution in [3.63, 3.8) is 0 Å². The van der Waals surface area contributed by atoms with Gasteiger partial charge in [-0.05, 0) is 50.3 Å². The highest BCUT2D eigenvalue weighted by Crippen LogP contribution is 2.32. The number of aromatic nitrogens is 1. The molecule has 5 nitrogen and oxygen atoms in total. The number of rotatable bonds is 5. The molecule has 1 saturated carbocycles. The molecule has 0 unspecified atom stereocenters. The molecule has 1 aliphatic carbocycles. The van der Waals surface area contributed by atoms with Crippen LogP contribution in [0.25, 0.3) is 0 Å². The molecule has 2 heterocycles. The van der Waals surface area contributed by atoms with E-state index in [0.29, 0.717) is 6.54 Å². The molecule has 2 aromatic rings. The highest BCUT2D eigenvalue weighted by atomic mass is 16.1. The number of aliphatic imine (C=N–C) groups is 1. The number of fused-ring (bicyclic) bond motifs is 1. The summed E-state index contributed by atoms with van der Waals surface area (Å²) in [5, 5.41) is 6.63. The predicted octanol–water partition coefficient (Wildman–Crippen LogP) is 3.29. The molecule has 140 valence electrons. The number of carbonyl (C=O) groups excluding carboxylic acids is 1. The third-order valence-electron chi connectivity index (χ3n) is 5.60. The molecule has 0 bridgehead atoms. The largest absolute Gasteiger partial charge is 0.365 e. The Balaban J connectivity index is 1.38. The number of pyridine rings is 1. The summed E-state index contributed by atoms with van der Waals surface area (Å²) in [6, 6.07) is 12.0. The predicted molar refractivity (Wildman–Crippen MR) is 107 cm³/mol. The van der Waals surface area contributed by atoms with Gasteiger partial charge in [0.25, 0.3) is 0 Å². The van der Waals surface area contributed by atoms with E-state index in [4.69, 9.17) is 0 Å². The van der Waals surface area contributed by atoms with E-state index in [-0.39, 0.29) is 23.9 Å². The van der Waals surface area contributed by atoms with Gasteiger partial charge in [0.1, 0.15) is 5.84 Å². The van der Waals surface area contributed by atoms with Gasteiger partial charge in [0.15, 0.2) is 0 Å². The Hall–Kier alpha value is -2.69. The first-order chi connectivity index (χ1) is 13.0. The number of carbonyl (C=O) groups is 1. The van der Waals surface area contributed by atoms with Crippen LogP contribution >= 0.6 is 0 Å². The first-order valence-electron chi connectivity index (χ1n) is 9.67. The number of amides is 1. The van der Waals surface area contributed by atoms with Crippen molar-refractivity contribution in [1.29, 1.82) is 0 Å². The third-order valence-corrected chi connectivity index (χ3v) is 5.60. The Morgan fingerprint density at radius 3 is 2.74 bits per heavy atom. The van der Waals surface area contributed by atoms with E-state index in [2.05, 4.69) is 27.5 Å². The van der Waals surface area contributed by atoms with Crippen LogP contribution in [0.5, 0.6) is 0 Å². The summed E-state index contributed by atoms with van der Waals surface area (Å²) in [4.78, 5) is 21.6. The van der Waals surface area contributed by atoms with Crippen molar-refractivity contribution < 1.29 is 4.79 Å². The Morgan fingerprint density at radius 1 is 1.26 bits per heavy atom. The van der Waals surface area contributed by atoms with Gasteiger partial charge in [-0.2, -0.15) is 0 Å². The summed E-state index contributed by atoms with van der Waals surface area (Å²) < 4.78 is 0. The normalized spacial score (nSPS) is 18.1. The zero-order valence-electron chi connectivity index (χ0n) is 16.0. The molecule has 5 heteroatoms. The lowest BCUT2D eigenvalue weighted by molar-refractivity contribution is -0.121. The molecular formula is C22H26N4O. The maximum atomic E-state index is 12.4. The first-order valence-corrected chi connectivity index (χ1v) is 9.67. The fourth-order valence-corrected chi connectivity index (χ4v) is 3.74. The van der Waals surface area contributed by atoms with Crippen LogP contribution in [0.1, 0.15) is 61.5 Å². The fourth-order valence-electron chi connectivity index (χ4n) is 3.74. The van der Waals surface area contributed by atoms with E-state index >= 15 is 0 Å². The van der Waals surface area contributed by atoms with Crippen molar-refractivity contribution in [3.05, 3.63) is 65.0 Å². The Kier molecular flexibility index (Phi) is 4.68. The SMILES string of the molecule is C[C@@H](NC(=O)Cc1cc2c(cn1)C(NC1(C)CCC1)=NC2)c1ccccc1. The van der Waals surface area contributed by atoms with Crippen LogP contribution in [0.2, 0.25) is 0 Å². The zero-order chi connectivity index (χ0) is 18.9. The number of benzene rings is 1. The Labute approximate surface area is 160 Å². The minimum atomic E-state index is -0.0181. The van der Waals surface area contributed by atoms with E-state index in [1.807, 2.05) is 49.5 Å². The van der Waals surface area contributed by atoms with E-state index in [1.165, 1.54) is 19.3 Å². The van der Waals surface area contributed by atoms with Gasteiger partial charge in [0, 0.05) is 17.3 Å². The van der Waals surface area contributed by atoms with Gasteiger partial charge in [-0.25, -0.2) is 0 Å². The monoisotopic (exact) mass is 362 g/mol. The second-order valence-electron chi connectivity index (χ2n) is 7.91. The maximum Gasteiger partial charge on any atom is 0.226 e. The number of hydrogen-bond donors (Lipinski definition) is 2. The van der Waals surface area contributed by atoms with Crippen molar-refractivity contribution in [2.24, 2.45) is 4.99 Å². The highest BCUT2D eigenvalue weighted by Gasteiger charge is 2.34. The Morgan fingerprint density at radius 2 is 2.04 bits per heavy atom. The van der Waals surface area contributed by atoms with Gasteiger partial charge < -0.3 is 10.6 Å². The molecule has 1 aromatic heterocycles. The minimum absolute atomic E-state index is 0.0157. The van der Waals surface area contributed by atoms with Crippen LogP contribution in [0, 0.1) is 0 Å². The smallest absolute Gasteiger partial charge is 0.226 e. The van der Waals surface area contributed by atoms with Gasteiger partial charge in [0.2, 0.25) is 5.91 Å². The molecule has 2 N–H and O–H groups in total. The van der Waals surface area contributed by atoms with E-state index in [1.54, 1.807) is 0 Å². The molecule has 1 aromatic carbocycles. The molecule has 0 saturated heterocycles. The van der Waals surface area contributed by atoms with Gasteiger partial charge in [-0.15, -0.1) is 0 Å². The van der Waals surface area contributed by atoms with E-state index < -0.39 is 0 Å². The summed E-state index contributed by atoms with van der Waals surface area (Å²) in [6.07, 6.45) is 5.79. The average Bonchev–Trinajstić information content (AvgIpc) is 3.03. The second kappa shape index (κ2) is 7.14. The van der Waals surface area contributed by atoms with Gasteiger partial charge in [0.05, 0.1) is 24.7 Å². The molecule has 1 aliphatic heterocycles. The highest BCUT2D eigenvalue weighted by molar-refractivity contribution is 6.02. The van der Waals surface area contributed by atoms with Crippen molar-refractivity contribution in [3.8, 4) is 0 Å².